The Labute approximate surface area is 132 Å². The highest BCUT2D eigenvalue weighted by atomic mass is 16.6. The molecule has 5 nitrogen and oxygen atoms in total. The number of hydrogen-bond donors (Lipinski definition) is 0. The van der Waals surface area contributed by atoms with Crippen molar-refractivity contribution in [3.63, 3.8) is 0 Å². The molecule has 0 spiro atoms. The lowest BCUT2D eigenvalue weighted by atomic mass is 10.1. The van der Waals surface area contributed by atoms with Gasteiger partial charge in [-0.1, -0.05) is 0 Å². The predicted molar refractivity (Wildman–Crippen MR) is 83.9 cm³/mol. The maximum absolute atomic E-state index is 5.82. The van der Waals surface area contributed by atoms with E-state index in [1.807, 2.05) is 12.1 Å². The van der Waals surface area contributed by atoms with Crippen LogP contribution in [0.2, 0.25) is 0 Å². The van der Waals surface area contributed by atoms with Gasteiger partial charge >= 0.3 is 0 Å². The Morgan fingerprint density at radius 2 is 1.91 bits per heavy atom. The number of methoxy groups -OCH3 is 1. The van der Waals surface area contributed by atoms with Gasteiger partial charge in [-0.25, -0.2) is 0 Å². The van der Waals surface area contributed by atoms with Gasteiger partial charge in [0, 0.05) is 31.3 Å². The van der Waals surface area contributed by atoms with Gasteiger partial charge in [-0.05, 0) is 32.4 Å². The van der Waals surface area contributed by atoms with E-state index in [1.165, 1.54) is 12.8 Å². The van der Waals surface area contributed by atoms with E-state index in [1.54, 1.807) is 7.11 Å². The molecule has 122 valence electrons. The number of likely N-dealkylation sites (N-methyl/N-ethyl adjacent to an activating group) is 1. The first-order valence-electron chi connectivity index (χ1n) is 8.03. The highest BCUT2D eigenvalue weighted by Gasteiger charge is 2.19. The molecule has 22 heavy (non-hydrogen) atoms. The fraction of sp³-hybridized carbons (Fsp3) is 0.647. The Kier molecular flexibility index (Phi) is 5.05. The summed E-state index contributed by atoms with van der Waals surface area (Å²) in [5.41, 5.74) is 1.12. The Morgan fingerprint density at radius 1 is 1.14 bits per heavy atom. The van der Waals surface area contributed by atoms with Crippen molar-refractivity contribution >= 4 is 0 Å². The van der Waals surface area contributed by atoms with Gasteiger partial charge in [-0.2, -0.15) is 0 Å². The zero-order valence-electron chi connectivity index (χ0n) is 13.5. The van der Waals surface area contributed by atoms with Gasteiger partial charge in [0.05, 0.1) is 13.2 Å². The standard InChI is InChI=1S/C17H25NO4/c1-18(12-14-5-3-4-6-20-14)11-13-9-16-17(10-15(13)19-2)22-8-7-21-16/h9-10,14H,3-8,11-12H2,1-2H3. The van der Waals surface area contributed by atoms with Gasteiger partial charge in [0.2, 0.25) is 0 Å². The molecule has 0 saturated carbocycles. The van der Waals surface area contributed by atoms with Crippen LogP contribution in [0.1, 0.15) is 24.8 Å². The van der Waals surface area contributed by atoms with Crippen LogP contribution < -0.4 is 14.2 Å². The summed E-state index contributed by atoms with van der Waals surface area (Å²) < 4.78 is 22.6. The van der Waals surface area contributed by atoms with E-state index < -0.39 is 0 Å². The van der Waals surface area contributed by atoms with E-state index >= 15 is 0 Å². The Balaban J connectivity index is 1.67. The second-order valence-electron chi connectivity index (χ2n) is 5.99. The topological polar surface area (TPSA) is 40.2 Å². The highest BCUT2D eigenvalue weighted by molar-refractivity contribution is 5.51. The van der Waals surface area contributed by atoms with Gasteiger partial charge in [0.15, 0.2) is 11.5 Å². The number of fused-ring (bicyclic) bond motifs is 1. The molecule has 1 fully saturated rings. The van der Waals surface area contributed by atoms with Gasteiger partial charge in [0.1, 0.15) is 19.0 Å². The molecule has 1 aromatic rings. The third kappa shape index (κ3) is 3.65. The number of rotatable bonds is 5. The molecule has 1 saturated heterocycles. The van der Waals surface area contributed by atoms with Crippen molar-refractivity contribution in [3.05, 3.63) is 17.7 Å². The second-order valence-corrected chi connectivity index (χ2v) is 5.99. The molecule has 1 atom stereocenters. The molecule has 0 aromatic heterocycles. The summed E-state index contributed by atoms with van der Waals surface area (Å²) in [5, 5.41) is 0. The van der Waals surface area contributed by atoms with Crippen molar-refractivity contribution in [2.24, 2.45) is 0 Å². The Bertz CT molecular complexity index is 500. The molecule has 0 bridgehead atoms. The summed E-state index contributed by atoms with van der Waals surface area (Å²) in [6.45, 7) is 3.84. The van der Waals surface area contributed by atoms with Crippen molar-refractivity contribution in [2.75, 3.05) is 40.5 Å². The molecule has 0 amide bonds. The third-order valence-corrected chi connectivity index (χ3v) is 4.17. The molecule has 1 aromatic carbocycles. The molecule has 2 heterocycles. The fourth-order valence-electron chi connectivity index (χ4n) is 3.08. The first-order chi connectivity index (χ1) is 10.8. The summed E-state index contributed by atoms with van der Waals surface area (Å²) in [6.07, 6.45) is 3.96. The zero-order chi connectivity index (χ0) is 15.4. The average Bonchev–Trinajstić information content (AvgIpc) is 2.55. The molecular formula is C17H25NO4. The summed E-state index contributed by atoms with van der Waals surface area (Å²) in [5.74, 6) is 2.43. The largest absolute Gasteiger partial charge is 0.496 e. The minimum atomic E-state index is 0.349. The average molecular weight is 307 g/mol. The summed E-state index contributed by atoms with van der Waals surface area (Å²) >= 11 is 0. The van der Waals surface area contributed by atoms with Crippen LogP contribution in [-0.2, 0) is 11.3 Å². The molecule has 1 unspecified atom stereocenters. The number of ether oxygens (including phenoxy) is 4. The Hall–Kier alpha value is -1.46. The molecule has 0 N–H and O–H groups in total. The van der Waals surface area contributed by atoms with Gasteiger partial charge in [-0.15, -0.1) is 0 Å². The van der Waals surface area contributed by atoms with E-state index in [0.29, 0.717) is 19.3 Å². The van der Waals surface area contributed by atoms with Crippen LogP contribution in [0.4, 0.5) is 0 Å². The van der Waals surface area contributed by atoms with E-state index in [4.69, 9.17) is 18.9 Å². The van der Waals surface area contributed by atoms with Crippen molar-refractivity contribution < 1.29 is 18.9 Å². The molecule has 0 aliphatic carbocycles. The molecule has 2 aliphatic rings. The fourth-order valence-corrected chi connectivity index (χ4v) is 3.08. The zero-order valence-corrected chi connectivity index (χ0v) is 13.5. The van der Waals surface area contributed by atoms with Crippen LogP contribution in [-0.4, -0.2) is 51.5 Å². The first-order valence-corrected chi connectivity index (χ1v) is 8.03. The maximum atomic E-state index is 5.82. The van der Waals surface area contributed by atoms with E-state index in [0.717, 1.165) is 48.9 Å². The third-order valence-electron chi connectivity index (χ3n) is 4.17. The maximum Gasteiger partial charge on any atom is 0.165 e. The minimum Gasteiger partial charge on any atom is -0.496 e. The second kappa shape index (κ2) is 7.20. The van der Waals surface area contributed by atoms with Crippen LogP contribution >= 0.6 is 0 Å². The van der Waals surface area contributed by atoms with Crippen LogP contribution in [0.15, 0.2) is 12.1 Å². The number of nitrogens with zero attached hydrogens (tertiary/aromatic N) is 1. The normalized spacial score (nSPS) is 21.0. The lowest BCUT2D eigenvalue weighted by Gasteiger charge is -2.28. The molecule has 5 heteroatoms. The van der Waals surface area contributed by atoms with Gasteiger partial charge < -0.3 is 18.9 Å². The lowest BCUT2D eigenvalue weighted by molar-refractivity contribution is -0.00269. The Morgan fingerprint density at radius 3 is 2.59 bits per heavy atom. The molecule has 3 rings (SSSR count). The van der Waals surface area contributed by atoms with Crippen LogP contribution in [0.5, 0.6) is 17.2 Å². The summed E-state index contributed by atoms with van der Waals surface area (Å²) in [6, 6.07) is 3.96. The van der Waals surface area contributed by atoms with Crippen molar-refractivity contribution in [1.29, 1.82) is 0 Å². The monoisotopic (exact) mass is 307 g/mol. The summed E-state index contributed by atoms with van der Waals surface area (Å²) in [7, 11) is 3.81. The smallest absolute Gasteiger partial charge is 0.165 e. The molecule has 2 aliphatic heterocycles. The van der Waals surface area contributed by atoms with Crippen LogP contribution in [0.25, 0.3) is 0 Å². The highest BCUT2D eigenvalue weighted by Crippen LogP contribution is 2.37. The quantitative estimate of drug-likeness (QED) is 0.836. The molecule has 0 radical (unpaired) electrons. The van der Waals surface area contributed by atoms with E-state index in [9.17, 15) is 0 Å². The van der Waals surface area contributed by atoms with Crippen LogP contribution in [0.3, 0.4) is 0 Å². The van der Waals surface area contributed by atoms with E-state index in [-0.39, 0.29) is 0 Å². The van der Waals surface area contributed by atoms with Crippen LogP contribution in [0, 0.1) is 0 Å². The predicted octanol–water partition coefficient (Wildman–Crippen LogP) is 2.47. The number of hydrogen-bond acceptors (Lipinski definition) is 5. The lowest BCUT2D eigenvalue weighted by Crippen LogP contribution is -2.33. The van der Waals surface area contributed by atoms with Crippen molar-refractivity contribution in [3.8, 4) is 17.2 Å². The van der Waals surface area contributed by atoms with E-state index in [2.05, 4.69) is 11.9 Å². The number of benzene rings is 1. The van der Waals surface area contributed by atoms with Gasteiger partial charge in [0.25, 0.3) is 0 Å². The SMILES string of the molecule is COc1cc2c(cc1CN(C)CC1CCCCO1)OCCO2. The van der Waals surface area contributed by atoms with Crippen molar-refractivity contribution in [1.82, 2.24) is 4.90 Å². The molecular weight excluding hydrogens is 282 g/mol. The van der Waals surface area contributed by atoms with Gasteiger partial charge in [-0.3, -0.25) is 4.90 Å². The summed E-state index contributed by atoms with van der Waals surface area (Å²) in [4.78, 5) is 2.28. The minimum absolute atomic E-state index is 0.349. The first kappa shape index (κ1) is 15.4. The van der Waals surface area contributed by atoms with Crippen molar-refractivity contribution in [2.45, 2.75) is 31.9 Å².